The van der Waals surface area contributed by atoms with Crippen molar-refractivity contribution in [2.24, 2.45) is 5.73 Å². The highest BCUT2D eigenvalue weighted by molar-refractivity contribution is 7.80. The van der Waals surface area contributed by atoms with Gasteiger partial charge in [0.05, 0.1) is 0 Å². The van der Waals surface area contributed by atoms with Crippen LogP contribution in [0.3, 0.4) is 0 Å². The molecule has 0 aliphatic rings. The summed E-state index contributed by atoms with van der Waals surface area (Å²) >= 11 is 4.83. The second-order valence-electron chi connectivity index (χ2n) is 5.19. The number of pyridine rings is 1. The number of carbonyl (C=O) groups excluding carboxylic acids is 1. The van der Waals surface area contributed by atoms with Crippen LogP contribution in [-0.4, -0.2) is 47.0 Å². The van der Waals surface area contributed by atoms with Crippen LogP contribution in [0.5, 0.6) is 0 Å². The number of aromatic nitrogens is 1. The van der Waals surface area contributed by atoms with Crippen molar-refractivity contribution in [3.05, 3.63) is 29.6 Å². The van der Waals surface area contributed by atoms with Gasteiger partial charge in [0.25, 0.3) is 5.91 Å². The Bertz CT molecular complexity index is 468. The Hall–Kier alpha value is -1.53. The van der Waals surface area contributed by atoms with E-state index in [1.807, 2.05) is 14.1 Å². The molecule has 1 aromatic rings. The highest BCUT2D eigenvalue weighted by Crippen LogP contribution is 2.08. The zero-order valence-corrected chi connectivity index (χ0v) is 12.5. The van der Waals surface area contributed by atoms with Crippen LogP contribution >= 0.6 is 12.2 Å². The van der Waals surface area contributed by atoms with Crippen LogP contribution in [0.15, 0.2) is 18.3 Å². The molecule has 104 valence electrons. The molecule has 6 heteroatoms. The molecule has 0 aliphatic carbocycles. The second kappa shape index (κ2) is 6.08. The molecule has 0 saturated heterocycles. The molecule has 5 nitrogen and oxygen atoms in total. The van der Waals surface area contributed by atoms with Crippen molar-refractivity contribution in [1.82, 2.24) is 15.2 Å². The number of hydrogen-bond donors (Lipinski definition) is 2. The monoisotopic (exact) mass is 280 g/mol. The molecular weight excluding hydrogens is 260 g/mol. The predicted molar refractivity (Wildman–Crippen MR) is 80.2 cm³/mol. The van der Waals surface area contributed by atoms with Crippen LogP contribution in [0.4, 0.5) is 0 Å². The van der Waals surface area contributed by atoms with Gasteiger partial charge in [-0.05, 0) is 40.1 Å². The average molecular weight is 280 g/mol. The third-order valence-electron chi connectivity index (χ3n) is 3.17. The second-order valence-corrected chi connectivity index (χ2v) is 5.63. The maximum Gasteiger partial charge on any atom is 0.269 e. The van der Waals surface area contributed by atoms with Gasteiger partial charge in [0.15, 0.2) is 0 Å². The molecular formula is C13H20N4OS. The minimum Gasteiger partial charge on any atom is -0.389 e. The van der Waals surface area contributed by atoms with E-state index in [1.165, 1.54) is 6.20 Å². The van der Waals surface area contributed by atoms with Crippen molar-refractivity contribution in [2.75, 3.05) is 20.6 Å². The maximum atomic E-state index is 11.9. The fraction of sp³-hybridized carbons (Fsp3) is 0.462. The van der Waals surface area contributed by atoms with Crippen molar-refractivity contribution in [3.63, 3.8) is 0 Å². The van der Waals surface area contributed by atoms with Gasteiger partial charge in [0, 0.05) is 23.8 Å². The molecule has 0 aromatic carbocycles. The quantitative estimate of drug-likeness (QED) is 0.780. The van der Waals surface area contributed by atoms with Crippen molar-refractivity contribution >= 4 is 23.1 Å². The average Bonchev–Trinajstić information content (AvgIpc) is 2.36. The van der Waals surface area contributed by atoms with Crippen LogP contribution in [-0.2, 0) is 0 Å². The third kappa shape index (κ3) is 4.25. The molecule has 1 amide bonds. The summed E-state index contributed by atoms with van der Waals surface area (Å²) in [5.41, 5.74) is 6.37. The molecule has 1 heterocycles. The zero-order chi connectivity index (χ0) is 14.6. The Morgan fingerprint density at radius 1 is 1.47 bits per heavy atom. The number of nitrogens with two attached hydrogens (primary N) is 1. The first kappa shape index (κ1) is 15.5. The Labute approximate surface area is 119 Å². The lowest BCUT2D eigenvalue weighted by atomic mass is 10.0. The summed E-state index contributed by atoms with van der Waals surface area (Å²) in [5, 5.41) is 2.86. The first-order chi connectivity index (χ1) is 8.74. The number of amides is 1. The van der Waals surface area contributed by atoms with E-state index in [0.717, 1.165) is 0 Å². The van der Waals surface area contributed by atoms with Gasteiger partial charge in [-0.1, -0.05) is 12.2 Å². The fourth-order valence-corrected chi connectivity index (χ4v) is 1.34. The van der Waals surface area contributed by atoms with Crippen LogP contribution in [0, 0.1) is 0 Å². The summed E-state index contributed by atoms with van der Waals surface area (Å²) < 4.78 is 0. The van der Waals surface area contributed by atoms with E-state index in [-0.39, 0.29) is 16.4 Å². The lowest BCUT2D eigenvalue weighted by Gasteiger charge is -2.32. The lowest BCUT2D eigenvalue weighted by molar-refractivity contribution is 0.0915. The number of likely N-dealkylation sites (N-methyl/N-ethyl adjacent to an activating group) is 1. The molecule has 0 aliphatic heterocycles. The van der Waals surface area contributed by atoms with Crippen molar-refractivity contribution in [3.8, 4) is 0 Å². The summed E-state index contributed by atoms with van der Waals surface area (Å²) in [5.74, 6) is -0.204. The van der Waals surface area contributed by atoms with Gasteiger partial charge >= 0.3 is 0 Å². The standard InChI is InChI=1S/C13H20N4OS/c1-13(2,17(3)4)8-16-12(18)10-6-5-9(7-15-10)11(14)19/h5-7H,8H2,1-4H3,(H2,14,19)(H,16,18). The van der Waals surface area contributed by atoms with E-state index < -0.39 is 0 Å². The van der Waals surface area contributed by atoms with Gasteiger partial charge in [-0.25, -0.2) is 0 Å². The van der Waals surface area contributed by atoms with E-state index in [4.69, 9.17) is 18.0 Å². The van der Waals surface area contributed by atoms with Crippen LogP contribution in [0.1, 0.15) is 29.9 Å². The minimum absolute atomic E-state index is 0.117. The largest absolute Gasteiger partial charge is 0.389 e. The van der Waals surface area contributed by atoms with Gasteiger partial charge in [-0.3, -0.25) is 9.78 Å². The summed E-state index contributed by atoms with van der Waals surface area (Å²) in [6, 6.07) is 3.31. The Kier molecular flexibility index (Phi) is 4.97. The lowest BCUT2D eigenvalue weighted by Crippen LogP contribution is -2.48. The van der Waals surface area contributed by atoms with Gasteiger partial charge in [-0.15, -0.1) is 0 Å². The summed E-state index contributed by atoms with van der Waals surface area (Å²) in [6.45, 7) is 4.64. The number of thiocarbonyl (C=S) groups is 1. The first-order valence-corrected chi connectivity index (χ1v) is 6.36. The molecule has 1 rings (SSSR count). The molecule has 0 saturated carbocycles. The molecule has 0 fully saturated rings. The van der Waals surface area contributed by atoms with E-state index in [9.17, 15) is 4.79 Å². The topological polar surface area (TPSA) is 71.2 Å². The number of hydrogen-bond acceptors (Lipinski definition) is 4. The number of rotatable bonds is 5. The van der Waals surface area contributed by atoms with Crippen molar-refractivity contribution < 1.29 is 4.79 Å². The maximum absolute atomic E-state index is 11.9. The summed E-state index contributed by atoms with van der Waals surface area (Å²) in [7, 11) is 3.95. The smallest absolute Gasteiger partial charge is 0.269 e. The first-order valence-electron chi connectivity index (χ1n) is 5.95. The van der Waals surface area contributed by atoms with E-state index in [1.54, 1.807) is 12.1 Å². The molecule has 0 spiro atoms. The van der Waals surface area contributed by atoms with Gasteiger partial charge < -0.3 is 16.0 Å². The number of carbonyl (C=O) groups is 1. The van der Waals surface area contributed by atoms with Gasteiger partial charge in [0.2, 0.25) is 0 Å². The fourth-order valence-electron chi connectivity index (χ4n) is 1.22. The molecule has 0 atom stereocenters. The van der Waals surface area contributed by atoms with Crippen LogP contribution < -0.4 is 11.1 Å². The highest BCUT2D eigenvalue weighted by Gasteiger charge is 2.21. The SMILES string of the molecule is CN(C)C(C)(C)CNC(=O)c1ccc(C(N)=S)cn1. The van der Waals surface area contributed by atoms with Crippen LogP contribution in [0.25, 0.3) is 0 Å². The normalized spacial score (nSPS) is 11.4. The Morgan fingerprint density at radius 2 is 2.11 bits per heavy atom. The van der Waals surface area contributed by atoms with Crippen molar-refractivity contribution in [2.45, 2.75) is 19.4 Å². The molecule has 1 aromatic heterocycles. The number of nitrogens with one attached hydrogen (secondary N) is 1. The number of nitrogens with zero attached hydrogens (tertiary/aromatic N) is 2. The van der Waals surface area contributed by atoms with E-state index in [2.05, 4.69) is 29.0 Å². The molecule has 19 heavy (non-hydrogen) atoms. The molecule has 0 unspecified atom stereocenters. The van der Waals surface area contributed by atoms with Crippen LogP contribution in [0.2, 0.25) is 0 Å². The summed E-state index contributed by atoms with van der Waals surface area (Å²) in [6.07, 6.45) is 1.51. The Morgan fingerprint density at radius 3 is 2.53 bits per heavy atom. The third-order valence-corrected chi connectivity index (χ3v) is 3.41. The van der Waals surface area contributed by atoms with Gasteiger partial charge in [-0.2, -0.15) is 0 Å². The van der Waals surface area contributed by atoms with Crippen molar-refractivity contribution in [1.29, 1.82) is 0 Å². The predicted octanol–water partition coefficient (Wildman–Crippen LogP) is 0.786. The summed E-state index contributed by atoms with van der Waals surface area (Å²) in [4.78, 5) is 18.3. The van der Waals surface area contributed by atoms with E-state index >= 15 is 0 Å². The van der Waals surface area contributed by atoms with E-state index in [0.29, 0.717) is 17.8 Å². The minimum atomic E-state index is -0.204. The highest BCUT2D eigenvalue weighted by atomic mass is 32.1. The molecule has 3 N–H and O–H groups in total. The van der Waals surface area contributed by atoms with Gasteiger partial charge in [0.1, 0.15) is 10.7 Å². The Balaban J connectivity index is 2.66. The zero-order valence-electron chi connectivity index (χ0n) is 11.7. The molecule has 0 radical (unpaired) electrons. The molecule has 0 bridgehead atoms.